The maximum atomic E-state index is 13.4. The number of anilines is 3. The van der Waals surface area contributed by atoms with Crippen LogP contribution in [0.1, 0.15) is 18.4 Å². The van der Waals surface area contributed by atoms with E-state index in [2.05, 4.69) is 31.2 Å². The fourth-order valence-corrected chi connectivity index (χ4v) is 4.23. The van der Waals surface area contributed by atoms with E-state index < -0.39 is 0 Å². The van der Waals surface area contributed by atoms with Gasteiger partial charge in [-0.05, 0) is 60.5 Å². The van der Waals surface area contributed by atoms with Gasteiger partial charge < -0.3 is 30.7 Å². The van der Waals surface area contributed by atoms with E-state index >= 15 is 0 Å². The Bertz CT molecular complexity index is 1520. The van der Waals surface area contributed by atoms with Crippen molar-refractivity contribution in [3.05, 3.63) is 83.4 Å². The average Bonchev–Trinajstić information content (AvgIpc) is 2.97. The topological polar surface area (TPSA) is 127 Å². The molecule has 0 fully saturated rings. The quantitative estimate of drug-likeness (QED) is 0.144. The number of carbonyl (C=O) groups excluding carboxylic acids is 2. The number of hydrogen-bond acceptors (Lipinski definition) is 8. The van der Waals surface area contributed by atoms with E-state index in [1.807, 2.05) is 0 Å². The van der Waals surface area contributed by atoms with Crippen LogP contribution in [-0.2, 0) is 20.9 Å². The summed E-state index contributed by atoms with van der Waals surface area (Å²) in [5.74, 6) is 0.358. The number of benzene rings is 3. The predicted molar refractivity (Wildman–Crippen MR) is 161 cm³/mol. The highest BCUT2D eigenvalue weighted by Crippen LogP contribution is 2.31. The van der Waals surface area contributed by atoms with E-state index in [1.165, 1.54) is 18.5 Å². The standard InChI is InChI=1S/C30H32ClFN6O4/c1-41-13-12-33-17-29(40)34-11-3-6-28(39)37-22-7-9-26-24(15-22)30(36-19-35-26)38-23-8-10-27(25(31)16-23)42-18-20-4-2-5-21(32)14-20/h2,4-5,7-10,14-16,19,33H,3,6,11-13,17-18H2,1H3,(H,34,40)(H,37,39)(H,35,36,38). The van der Waals surface area contributed by atoms with E-state index in [1.54, 1.807) is 55.6 Å². The van der Waals surface area contributed by atoms with Crippen molar-refractivity contribution in [2.75, 3.05) is 44.0 Å². The van der Waals surface area contributed by atoms with Crippen LogP contribution in [-0.4, -0.2) is 55.1 Å². The lowest BCUT2D eigenvalue weighted by Gasteiger charge is -2.13. The molecule has 0 bridgehead atoms. The molecule has 0 atom stereocenters. The third-order valence-electron chi connectivity index (χ3n) is 6.07. The Labute approximate surface area is 248 Å². The first-order valence-corrected chi connectivity index (χ1v) is 13.7. The first-order valence-electron chi connectivity index (χ1n) is 13.4. The Morgan fingerprint density at radius 2 is 1.83 bits per heavy atom. The highest BCUT2D eigenvalue weighted by Gasteiger charge is 2.10. The normalized spacial score (nSPS) is 10.8. The second-order valence-corrected chi connectivity index (χ2v) is 9.72. The van der Waals surface area contributed by atoms with Crippen molar-refractivity contribution in [2.45, 2.75) is 19.4 Å². The van der Waals surface area contributed by atoms with E-state index in [0.29, 0.717) is 70.5 Å². The zero-order chi connectivity index (χ0) is 29.7. The van der Waals surface area contributed by atoms with Crippen LogP contribution in [0.5, 0.6) is 5.75 Å². The molecule has 0 saturated heterocycles. The summed E-state index contributed by atoms with van der Waals surface area (Å²) in [6, 6.07) is 16.8. The lowest BCUT2D eigenvalue weighted by atomic mass is 10.2. The summed E-state index contributed by atoms with van der Waals surface area (Å²) >= 11 is 6.45. The van der Waals surface area contributed by atoms with Gasteiger partial charge in [-0.3, -0.25) is 9.59 Å². The highest BCUT2D eigenvalue weighted by atomic mass is 35.5. The van der Waals surface area contributed by atoms with Crippen LogP contribution >= 0.6 is 11.6 Å². The van der Waals surface area contributed by atoms with Crippen LogP contribution in [0.3, 0.4) is 0 Å². The lowest BCUT2D eigenvalue weighted by Crippen LogP contribution is -2.35. The molecule has 0 unspecified atom stereocenters. The van der Waals surface area contributed by atoms with Gasteiger partial charge in [0.1, 0.15) is 30.3 Å². The monoisotopic (exact) mass is 594 g/mol. The molecule has 0 aliphatic carbocycles. The number of amides is 2. The van der Waals surface area contributed by atoms with Gasteiger partial charge in [0.2, 0.25) is 11.8 Å². The van der Waals surface area contributed by atoms with Crippen LogP contribution in [0, 0.1) is 5.82 Å². The molecule has 4 aromatic rings. The Balaban J connectivity index is 1.31. The summed E-state index contributed by atoms with van der Waals surface area (Å²) < 4.78 is 24.1. The molecular formula is C30H32ClFN6O4. The van der Waals surface area contributed by atoms with Crippen LogP contribution in [0.25, 0.3) is 10.9 Å². The molecule has 10 nitrogen and oxygen atoms in total. The number of fused-ring (bicyclic) bond motifs is 1. The Hall–Kier alpha value is -4.32. The smallest absolute Gasteiger partial charge is 0.233 e. The van der Waals surface area contributed by atoms with Gasteiger partial charge in [0, 0.05) is 43.4 Å². The zero-order valence-electron chi connectivity index (χ0n) is 23.1. The number of ether oxygens (including phenoxy) is 2. The second kappa shape index (κ2) is 15.6. The van der Waals surface area contributed by atoms with Crippen molar-refractivity contribution in [1.82, 2.24) is 20.6 Å². The number of nitrogens with zero attached hydrogens (tertiary/aromatic N) is 2. The van der Waals surface area contributed by atoms with Gasteiger partial charge in [0.15, 0.2) is 0 Å². The molecule has 0 spiro atoms. The molecule has 4 rings (SSSR count). The van der Waals surface area contributed by atoms with Crippen molar-refractivity contribution >= 4 is 51.5 Å². The number of aromatic nitrogens is 2. The fourth-order valence-electron chi connectivity index (χ4n) is 3.99. The van der Waals surface area contributed by atoms with Crippen molar-refractivity contribution in [3.8, 4) is 5.75 Å². The summed E-state index contributed by atoms with van der Waals surface area (Å²) in [5, 5.41) is 13.0. The van der Waals surface area contributed by atoms with Crippen LogP contribution in [0.15, 0.2) is 67.0 Å². The first kappa shape index (κ1) is 30.6. The number of hydrogen-bond donors (Lipinski definition) is 4. The Morgan fingerprint density at radius 1 is 0.976 bits per heavy atom. The molecule has 2 amide bonds. The van der Waals surface area contributed by atoms with Gasteiger partial charge in [-0.25, -0.2) is 14.4 Å². The predicted octanol–water partition coefficient (Wildman–Crippen LogP) is 4.82. The molecule has 0 saturated carbocycles. The summed E-state index contributed by atoms with van der Waals surface area (Å²) in [6.45, 7) is 1.90. The van der Waals surface area contributed by atoms with Crippen molar-refractivity contribution < 1.29 is 23.5 Å². The molecule has 42 heavy (non-hydrogen) atoms. The largest absolute Gasteiger partial charge is 0.487 e. The Morgan fingerprint density at radius 3 is 2.64 bits per heavy atom. The molecule has 0 aliphatic heterocycles. The SMILES string of the molecule is COCCNCC(=O)NCCCC(=O)Nc1ccc2ncnc(Nc3ccc(OCc4cccc(F)c4)c(Cl)c3)c2c1. The van der Waals surface area contributed by atoms with E-state index in [9.17, 15) is 14.0 Å². The minimum absolute atomic E-state index is 0.131. The maximum Gasteiger partial charge on any atom is 0.233 e. The van der Waals surface area contributed by atoms with Crippen molar-refractivity contribution in [3.63, 3.8) is 0 Å². The third-order valence-corrected chi connectivity index (χ3v) is 6.36. The molecule has 0 radical (unpaired) electrons. The molecule has 12 heteroatoms. The van der Waals surface area contributed by atoms with Crippen molar-refractivity contribution in [2.24, 2.45) is 0 Å². The molecule has 1 aromatic heterocycles. The van der Waals surface area contributed by atoms with Gasteiger partial charge >= 0.3 is 0 Å². The third kappa shape index (κ3) is 9.37. The summed E-state index contributed by atoms with van der Waals surface area (Å²) in [4.78, 5) is 33.0. The van der Waals surface area contributed by atoms with Crippen LogP contribution in [0.4, 0.5) is 21.6 Å². The fraction of sp³-hybridized carbons (Fsp3) is 0.267. The maximum absolute atomic E-state index is 13.4. The number of rotatable bonds is 15. The minimum atomic E-state index is -0.329. The molecule has 3 aromatic carbocycles. The molecule has 220 valence electrons. The second-order valence-electron chi connectivity index (χ2n) is 9.31. The summed E-state index contributed by atoms with van der Waals surface area (Å²) in [5.41, 5.74) is 2.64. The van der Waals surface area contributed by atoms with E-state index in [0.717, 1.165) is 0 Å². The first-order chi connectivity index (χ1) is 20.4. The number of halogens is 2. The average molecular weight is 595 g/mol. The van der Waals surface area contributed by atoms with Crippen molar-refractivity contribution in [1.29, 1.82) is 0 Å². The lowest BCUT2D eigenvalue weighted by molar-refractivity contribution is -0.120. The van der Waals surface area contributed by atoms with Gasteiger partial charge in [-0.1, -0.05) is 23.7 Å². The summed E-state index contributed by atoms with van der Waals surface area (Å²) in [7, 11) is 1.60. The van der Waals surface area contributed by atoms with E-state index in [-0.39, 0.29) is 37.2 Å². The van der Waals surface area contributed by atoms with Crippen LogP contribution in [0.2, 0.25) is 5.02 Å². The molecular weight excluding hydrogens is 563 g/mol. The van der Waals surface area contributed by atoms with Crippen LogP contribution < -0.4 is 26.0 Å². The Kier molecular flexibility index (Phi) is 11.4. The number of nitrogens with one attached hydrogen (secondary N) is 4. The van der Waals surface area contributed by atoms with E-state index in [4.69, 9.17) is 21.1 Å². The molecule has 0 aliphatic rings. The zero-order valence-corrected chi connectivity index (χ0v) is 23.8. The number of carbonyl (C=O) groups is 2. The van der Waals surface area contributed by atoms with Gasteiger partial charge in [0.05, 0.1) is 23.7 Å². The number of methoxy groups -OCH3 is 1. The van der Waals surface area contributed by atoms with Gasteiger partial charge in [0.25, 0.3) is 0 Å². The van der Waals surface area contributed by atoms with Gasteiger partial charge in [-0.15, -0.1) is 0 Å². The highest BCUT2D eigenvalue weighted by molar-refractivity contribution is 6.32. The molecule has 4 N–H and O–H groups in total. The van der Waals surface area contributed by atoms with Gasteiger partial charge in [-0.2, -0.15) is 0 Å². The minimum Gasteiger partial charge on any atom is -0.487 e. The summed E-state index contributed by atoms with van der Waals surface area (Å²) in [6.07, 6.45) is 2.20. The molecule has 1 heterocycles.